The van der Waals surface area contributed by atoms with Gasteiger partial charge in [-0.3, -0.25) is 9.69 Å². The van der Waals surface area contributed by atoms with Gasteiger partial charge in [0.1, 0.15) is 0 Å². The van der Waals surface area contributed by atoms with Crippen LogP contribution in [-0.2, 0) is 4.79 Å². The molecule has 3 rings (SSSR count). The minimum atomic E-state index is 0.220. The van der Waals surface area contributed by atoms with Crippen LogP contribution in [0.2, 0.25) is 0 Å². The molecule has 20 heavy (non-hydrogen) atoms. The van der Waals surface area contributed by atoms with Gasteiger partial charge in [0.25, 0.3) is 0 Å². The standard InChI is InChI=1S/C16H29N3O/c17-12-13-4-3-7-15(13)16(20)19-10-8-18(9-11-19)14-5-1-2-6-14/h13-15H,1-12,17H2/t13-,15-/m1/s1. The zero-order valence-corrected chi connectivity index (χ0v) is 12.6. The fourth-order valence-corrected chi connectivity index (χ4v) is 4.46. The maximum atomic E-state index is 12.6. The first-order valence-electron chi connectivity index (χ1n) is 8.52. The Morgan fingerprint density at radius 1 is 0.950 bits per heavy atom. The Morgan fingerprint density at radius 3 is 2.30 bits per heavy atom. The predicted molar refractivity (Wildman–Crippen MR) is 80.3 cm³/mol. The van der Waals surface area contributed by atoms with Crippen LogP contribution in [-0.4, -0.2) is 54.5 Å². The van der Waals surface area contributed by atoms with E-state index >= 15 is 0 Å². The van der Waals surface area contributed by atoms with Crippen LogP contribution in [0.15, 0.2) is 0 Å². The molecule has 114 valence electrons. The summed E-state index contributed by atoms with van der Waals surface area (Å²) in [6.07, 6.45) is 8.91. The number of carbonyl (C=O) groups excluding carboxylic acids is 1. The normalized spacial score (nSPS) is 33.0. The van der Waals surface area contributed by atoms with E-state index in [9.17, 15) is 4.79 Å². The van der Waals surface area contributed by atoms with E-state index in [0.29, 0.717) is 18.4 Å². The first-order valence-corrected chi connectivity index (χ1v) is 8.52. The van der Waals surface area contributed by atoms with Crippen LogP contribution in [0.4, 0.5) is 0 Å². The zero-order valence-electron chi connectivity index (χ0n) is 12.6. The van der Waals surface area contributed by atoms with Crippen LogP contribution in [0.25, 0.3) is 0 Å². The van der Waals surface area contributed by atoms with Crippen molar-refractivity contribution in [1.29, 1.82) is 0 Å². The zero-order chi connectivity index (χ0) is 13.9. The Balaban J connectivity index is 1.51. The highest BCUT2D eigenvalue weighted by molar-refractivity contribution is 5.79. The summed E-state index contributed by atoms with van der Waals surface area (Å²) in [5.41, 5.74) is 5.82. The lowest BCUT2D eigenvalue weighted by molar-refractivity contribution is -0.138. The molecule has 0 aromatic rings. The summed E-state index contributed by atoms with van der Waals surface area (Å²) in [4.78, 5) is 17.4. The third kappa shape index (κ3) is 2.86. The smallest absolute Gasteiger partial charge is 0.226 e. The average Bonchev–Trinajstić information content (AvgIpc) is 3.17. The first kappa shape index (κ1) is 14.3. The van der Waals surface area contributed by atoms with Gasteiger partial charge in [-0.05, 0) is 38.1 Å². The highest BCUT2D eigenvalue weighted by atomic mass is 16.2. The molecule has 4 heteroatoms. The Labute approximate surface area is 122 Å². The number of hydrogen-bond donors (Lipinski definition) is 1. The van der Waals surface area contributed by atoms with Crippen LogP contribution >= 0.6 is 0 Å². The molecule has 2 atom stereocenters. The second kappa shape index (κ2) is 6.44. The number of hydrogen-bond acceptors (Lipinski definition) is 3. The van der Waals surface area contributed by atoms with E-state index in [2.05, 4.69) is 9.80 Å². The molecule has 3 aliphatic rings. The number of nitrogens with two attached hydrogens (primary N) is 1. The molecule has 2 saturated carbocycles. The summed E-state index contributed by atoms with van der Waals surface area (Å²) >= 11 is 0. The van der Waals surface area contributed by atoms with Crippen molar-refractivity contribution in [2.24, 2.45) is 17.6 Å². The van der Waals surface area contributed by atoms with Crippen LogP contribution in [0.1, 0.15) is 44.9 Å². The van der Waals surface area contributed by atoms with Gasteiger partial charge >= 0.3 is 0 Å². The summed E-state index contributed by atoms with van der Waals surface area (Å²) in [6, 6.07) is 0.801. The fraction of sp³-hybridized carbons (Fsp3) is 0.938. The van der Waals surface area contributed by atoms with E-state index in [0.717, 1.165) is 45.1 Å². The van der Waals surface area contributed by atoms with Gasteiger partial charge in [-0.2, -0.15) is 0 Å². The largest absolute Gasteiger partial charge is 0.340 e. The number of amides is 1. The molecule has 4 nitrogen and oxygen atoms in total. The molecule has 1 saturated heterocycles. The van der Waals surface area contributed by atoms with Crippen LogP contribution in [0.5, 0.6) is 0 Å². The Hall–Kier alpha value is -0.610. The lowest BCUT2D eigenvalue weighted by Crippen LogP contribution is -2.53. The minimum absolute atomic E-state index is 0.220. The molecule has 2 N–H and O–H groups in total. The molecule has 0 spiro atoms. The molecule has 1 aliphatic heterocycles. The molecule has 2 aliphatic carbocycles. The molecule has 3 fully saturated rings. The van der Waals surface area contributed by atoms with E-state index in [-0.39, 0.29) is 5.92 Å². The second-order valence-corrected chi connectivity index (χ2v) is 6.83. The lowest BCUT2D eigenvalue weighted by Gasteiger charge is -2.39. The Bertz CT molecular complexity index is 333. The summed E-state index contributed by atoms with van der Waals surface area (Å²) < 4.78 is 0. The van der Waals surface area contributed by atoms with Gasteiger partial charge in [-0.25, -0.2) is 0 Å². The Morgan fingerprint density at radius 2 is 1.65 bits per heavy atom. The maximum Gasteiger partial charge on any atom is 0.226 e. The van der Waals surface area contributed by atoms with Crippen molar-refractivity contribution in [1.82, 2.24) is 9.80 Å². The molecular weight excluding hydrogens is 250 g/mol. The van der Waals surface area contributed by atoms with Crippen molar-refractivity contribution in [2.45, 2.75) is 51.0 Å². The van der Waals surface area contributed by atoms with Gasteiger partial charge in [-0.15, -0.1) is 0 Å². The molecule has 0 radical (unpaired) electrons. The summed E-state index contributed by atoms with van der Waals surface area (Å²) in [5.74, 6) is 1.05. The van der Waals surface area contributed by atoms with E-state index < -0.39 is 0 Å². The van der Waals surface area contributed by atoms with Crippen LogP contribution in [0.3, 0.4) is 0 Å². The van der Waals surface area contributed by atoms with Crippen molar-refractivity contribution in [3.8, 4) is 0 Å². The number of carbonyl (C=O) groups is 1. The van der Waals surface area contributed by atoms with Crippen molar-refractivity contribution in [2.75, 3.05) is 32.7 Å². The number of rotatable bonds is 3. The summed E-state index contributed by atoms with van der Waals surface area (Å²) in [5, 5.41) is 0. The van der Waals surface area contributed by atoms with Crippen molar-refractivity contribution in [3.63, 3.8) is 0 Å². The maximum absolute atomic E-state index is 12.6. The van der Waals surface area contributed by atoms with E-state index in [1.54, 1.807) is 0 Å². The van der Waals surface area contributed by atoms with Gasteiger partial charge < -0.3 is 10.6 Å². The van der Waals surface area contributed by atoms with Gasteiger partial charge in [0, 0.05) is 38.1 Å². The SMILES string of the molecule is NC[C@H]1CCC[C@H]1C(=O)N1CCN(C2CCCC2)CC1. The summed E-state index contributed by atoms with van der Waals surface area (Å²) in [7, 11) is 0. The highest BCUT2D eigenvalue weighted by Crippen LogP contribution is 2.33. The molecule has 0 aromatic heterocycles. The third-order valence-electron chi connectivity index (χ3n) is 5.75. The van der Waals surface area contributed by atoms with E-state index in [1.807, 2.05) is 0 Å². The quantitative estimate of drug-likeness (QED) is 0.850. The topological polar surface area (TPSA) is 49.6 Å². The van der Waals surface area contributed by atoms with Gasteiger partial charge in [0.2, 0.25) is 5.91 Å². The average molecular weight is 279 g/mol. The predicted octanol–water partition coefficient (Wildman–Crippen LogP) is 1.45. The van der Waals surface area contributed by atoms with E-state index in [1.165, 1.54) is 32.1 Å². The van der Waals surface area contributed by atoms with Crippen molar-refractivity contribution in [3.05, 3.63) is 0 Å². The summed E-state index contributed by atoms with van der Waals surface area (Å²) in [6.45, 7) is 4.71. The first-order chi connectivity index (χ1) is 9.79. The van der Waals surface area contributed by atoms with Crippen molar-refractivity contribution >= 4 is 5.91 Å². The van der Waals surface area contributed by atoms with Gasteiger partial charge in [0.15, 0.2) is 0 Å². The monoisotopic (exact) mass is 279 g/mol. The van der Waals surface area contributed by atoms with Crippen molar-refractivity contribution < 1.29 is 4.79 Å². The third-order valence-corrected chi connectivity index (χ3v) is 5.75. The number of piperazine rings is 1. The lowest BCUT2D eigenvalue weighted by atomic mass is 9.94. The molecule has 0 bridgehead atoms. The molecule has 1 heterocycles. The van der Waals surface area contributed by atoms with E-state index in [4.69, 9.17) is 5.73 Å². The second-order valence-electron chi connectivity index (χ2n) is 6.83. The number of nitrogens with zero attached hydrogens (tertiary/aromatic N) is 2. The van der Waals surface area contributed by atoms with Crippen LogP contribution < -0.4 is 5.73 Å². The van der Waals surface area contributed by atoms with Gasteiger partial charge in [0.05, 0.1) is 0 Å². The molecule has 1 amide bonds. The fourth-order valence-electron chi connectivity index (χ4n) is 4.46. The molecule has 0 unspecified atom stereocenters. The van der Waals surface area contributed by atoms with Crippen LogP contribution in [0, 0.1) is 11.8 Å². The molecule has 0 aromatic carbocycles. The minimum Gasteiger partial charge on any atom is -0.340 e. The molecular formula is C16H29N3O. The Kier molecular flexibility index (Phi) is 4.61. The highest BCUT2D eigenvalue weighted by Gasteiger charge is 2.36. The van der Waals surface area contributed by atoms with Gasteiger partial charge in [-0.1, -0.05) is 19.3 Å².